The molecule has 0 saturated heterocycles. The Morgan fingerprint density at radius 1 is 1.10 bits per heavy atom. The van der Waals surface area contributed by atoms with Crippen molar-refractivity contribution in [3.8, 4) is 0 Å². The molecule has 0 unspecified atom stereocenters. The molecule has 0 atom stereocenters. The third-order valence-electron chi connectivity index (χ3n) is 3.19. The molecule has 0 aliphatic heterocycles. The van der Waals surface area contributed by atoms with Gasteiger partial charge in [0.25, 0.3) is 0 Å². The summed E-state index contributed by atoms with van der Waals surface area (Å²) in [6, 6.07) is 11.6. The molecule has 5 nitrogen and oxygen atoms in total. The van der Waals surface area contributed by atoms with Gasteiger partial charge in [-0.05, 0) is 24.3 Å². The van der Waals surface area contributed by atoms with E-state index < -0.39 is 0 Å². The molecule has 0 amide bonds. The molecule has 21 heavy (non-hydrogen) atoms. The molecule has 0 bridgehead atoms. The Morgan fingerprint density at radius 3 is 2.76 bits per heavy atom. The largest absolute Gasteiger partial charge is 0.384 e. The van der Waals surface area contributed by atoms with Crippen LogP contribution in [0, 0.1) is 0 Å². The molecule has 3 rings (SSSR count). The number of hydrogen-bond donors (Lipinski definition) is 2. The highest BCUT2D eigenvalue weighted by atomic mass is 15.1. The third kappa shape index (κ3) is 2.76. The van der Waals surface area contributed by atoms with Crippen LogP contribution >= 0.6 is 0 Å². The fourth-order valence-electron chi connectivity index (χ4n) is 2.16. The highest BCUT2D eigenvalue weighted by Crippen LogP contribution is 2.25. The zero-order valence-electron chi connectivity index (χ0n) is 12.0. The van der Waals surface area contributed by atoms with Crippen molar-refractivity contribution in [3.63, 3.8) is 0 Å². The van der Waals surface area contributed by atoms with Crippen molar-refractivity contribution in [3.05, 3.63) is 48.4 Å². The van der Waals surface area contributed by atoms with Crippen LogP contribution in [0.15, 0.2) is 42.6 Å². The first kappa shape index (κ1) is 13.3. The summed E-state index contributed by atoms with van der Waals surface area (Å²) in [4.78, 5) is 13.1. The van der Waals surface area contributed by atoms with E-state index in [1.54, 1.807) is 12.3 Å². The van der Waals surface area contributed by atoms with Crippen molar-refractivity contribution in [2.75, 3.05) is 11.1 Å². The van der Waals surface area contributed by atoms with E-state index in [4.69, 9.17) is 5.73 Å². The third-order valence-corrected chi connectivity index (χ3v) is 3.19. The summed E-state index contributed by atoms with van der Waals surface area (Å²) < 4.78 is 0. The summed E-state index contributed by atoms with van der Waals surface area (Å²) in [6.45, 7) is 4.08. The smallest absolute Gasteiger partial charge is 0.136 e. The summed E-state index contributed by atoms with van der Waals surface area (Å²) >= 11 is 0. The molecule has 3 N–H and O–H groups in total. The quantitative estimate of drug-likeness (QED) is 0.767. The van der Waals surface area contributed by atoms with Crippen LogP contribution in [-0.4, -0.2) is 15.0 Å². The van der Waals surface area contributed by atoms with Gasteiger partial charge in [-0.1, -0.05) is 19.9 Å². The van der Waals surface area contributed by atoms with E-state index in [0.717, 1.165) is 22.4 Å². The number of nitrogens with zero attached hydrogens (tertiary/aromatic N) is 3. The van der Waals surface area contributed by atoms with E-state index in [1.165, 1.54) is 0 Å². The lowest BCUT2D eigenvalue weighted by atomic mass is 10.2. The van der Waals surface area contributed by atoms with E-state index in [0.29, 0.717) is 11.6 Å². The van der Waals surface area contributed by atoms with E-state index in [1.807, 2.05) is 44.2 Å². The van der Waals surface area contributed by atoms with Gasteiger partial charge in [0.1, 0.15) is 17.5 Å². The number of fused-ring (bicyclic) bond motifs is 1. The first-order chi connectivity index (χ1) is 10.1. The number of rotatable bonds is 3. The zero-order valence-corrected chi connectivity index (χ0v) is 12.0. The van der Waals surface area contributed by atoms with Gasteiger partial charge in [0.2, 0.25) is 0 Å². The monoisotopic (exact) mass is 279 g/mol. The maximum absolute atomic E-state index is 5.86. The van der Waals surface area contributed by atoms with Gasteiger partial charge in [-0.15, -0.1) is 0 Å². The maximum Gasteiger partial charge on any atom is 0.136 e. The maximum atomic E-state index is 5.86. The Balaban J connectivity index is 2.03. The lowest BCUT2D eigenvalue weighted by molar-refractivity contribution is 0.779. The number of nitrogens with two attached hydrogens (primary N) is 1. The molecule has 0 spiro atoms. The molecule has 0 fully saturated rings. The number of anilines is 3. The van der Waals surface area contributed by atoms with Crippen LogP contribution in [0.25, 0.3) is 10.9 Å². The number of benzene rings is 1. The highest BCUT2D eigenvalue weighted by molar-refractivity contribution is 5.92. The van der Waals surface area contributed by atoms with Crippen LogP contribution in [-0.2, 0) is 0 Å². The van der Waals surface area contributed by atoms with Gasteiger partial charge in [0, 0.05) is 29.3 Å². The number of nitrogens with one attached hydrogen (secondary N) is 1. The normalized spacial score (nSPS) is 11.0. The second-order valence-electron chi connectivity index (χ2n) is 5.19. The van der Waals surface area contributed by atoms with Crippen molar-refractivity contribution >= 4 is 28.2 Å². The number of nitrogen functional groups attached to an aromatic ring is 1. The van der Waals surface area contributed by atoms with E-state index in [2.05, 4.69) is 20.3 Å². The molecular formula is C16H17N5. The molecule has 2 heterocycles. The zero-order chi connectivity index (χ0) is 14.8. The molecule has 0 saturated carbocycles. The fraction of sp³-hybridized carbons (Fsp3) is 0.188. The summed E-state index contributed by atoms with van der Waals surface area (Å²) in [5.74, 6) is 2.12. The molecule has 0 radical (unpaired) electrons. The average Bonchev–Trinajstić information content (AvgIpc) is 2.47. The Bertz CT molecular complexity index is 777. The van der Waals surface area contributed by atoms with Crippen molar-refractivity contribution in [1.82, 2.24) is 15.0 Å². The summed E-state index contributed by atoms with van der Waals surface area (Å²) in [5.41, 5.74) is 7.75. The minimum Gasteiger partial charge on any atom is -0.384 e. The van der Waals surface area contributed by atoms with Crippen molar-refractivity contribution < 1.29 is 0 Å². The summed E-state index contributed by atoms with van der Waals surface area (Å²) in [6.07, 6.45) is 1.78. The highest BCUT2D eigenvalue weighted by Gasteiger charge is 2.08. The van der Waals surface area contributed by atoms with Gasteiger partial charge >= 0.3 is 0 Å². The van der Waals surface area contributed by atoms with Gasteiger partial charge in [-0.3, -0.25) is 4.98 Å². The second kappa shape index (κ2) is 5.36. The van der Waals surface area contributed by atoms with Crippen LogP contribution in [0.4, 0.5) is 17.3 Å². The number of aromatic nitrogens is 3. The van der Waals surface area contributed by atoms with Gasteiger partial charge < -0.3 is 11.1 Å². The molecular weight excluding hydrogens is 262 g/mol. The lowest BCUT2D eigenvalue weighted by Crippen LogP contribution is -2.05. The Morgan fingerprint density at radius 2 is 1.95 bits per heavy atom. The number of pyridine rings is 1. The summed E-state index contributed by atoms with van der Waals surface area (Å²) in [7, 11) is 0. The predicted octanol–water partition coefficient (Wildman–Crippen LogP) is 3.47. The molecule has 1 aromatic carbocycles. The van der Waals surface area contributed by atoms with Gasteiger partial charge in [0.15, 0.2) is 0 Å². The topological polar surface area (TPSA) is 76.7 Å². The second-order valence-corrected chi connectivity index (χ2v) is 5.19. The number of hydrogen-bond acceptors (Lipinski definition) is 5. The minimum absolute atomic E-state index is 0.225. The molecule has 5 heteroatoms. The molecule has 2 aromatic heterocycles. The van der Waals surface area contributed by atoms with Gasteiger partial charge in [-0.2, -0.15) is 0 Å². The first-order valence-electron chi connectivity index (χ1n) is 6.88. The SMILES string of the molecule is CC(C)c1nc(N)cc(Nc2cccc3ncccc23)n1. The van der Waals surface area contributed by atoms with Crippen LogP contribution in [0.2, 0.25) is 0 Å². The van der Waals surface area contributed by atoms with Crippen LogP contribution < -0.4 is 11.1 Å². The van der Waals surface area contributed by atoms with Crippen LogP contribution in [0.1, 0.15) is 25.6 Å². The van der Waals surface area contributed by atoms with E-state index >= 15 is 0 Å². The molecule has 0 aliphatic rings. The van der Waals surface area contributed by atoms with Crippen molar-refractivity contribution in [2.45, 2.75) is 19.8 Å². The van der Waals surface area contributed by atoms with Crippen LogP contribution in [0.3, 0.4) is 0 Å². The lowest BCUT2D eigenvalue weighted by Gasteiger charge is -2.11. The van der Waals surface area contributed by atoms with Crippen molar-refractivity contribution in [1.29, 1.82) is 0 Å². The molecule has 0 aliphatic carbocycles. The predicted molar refractivity (Wildman–Crippen MR) is 85.6 cm³/mol. The Kier molecular flexibility index (Phi) is 3.39. The van der Waals surface area contributed by atoms with E-state index in [9.17, 15) is 0 Å². The first-order valence-corrected chi connectivity index (χ1v) is 6.88. The Labute approximate surface area is 123 Å². The summed E-state index contributed by atoms with van der Waals surface area (Å²) in [5, 5.41) is 4.36. The van der Waals surface area contributed by atoms with Gasteiger partial charge in [0.05, 0.1) is 5.52 Å². The molecule has 3 aromatic rings. The average molecular weight is 279 g/mol. The standard InChI is InChI=1S/C16H17N5/c1-10(2)16-20-14(17)9-15(21-16)19-13-7-3-6-12-11(13)5-4-8-18-12/h3-10H,1-2H3,(H3,17,19,20,21). The van der Waals surface area contributed by atoms with Crippen molar-refractivity contribution in [2.24, 2.45) is 0 Å². The Hall–Kier alpha value is -2.69. The minimum atomic E-state index is 0.225. The van der Waals surface area contributed by atoms with E-state index in [-0.39, 0.29) is 5.92 Å². The molecule has 106 valence electrons. The van der Waals surface area contributed by atoms with Gasteiger partial charge in [-0.25, -0.2) is 9.97 Å². The van der Waals surface area contributed by atoms with Crippen LogP contribution in [0.5, 0.6) is 0 Å². The fourth-order valence-corrected chi connectivity index (χ4v) is 2.16.